The zero-order valence-corrected chi connectivity index (χ0v) is 16.2. The predicted octanol–water partition coefficient (Wildman–Crippen LogP) is 4.68. The van der Waals surface area contributed by atoms with E-state index in [4.69, 9.17) is 9.47 Å². The quantitative estimate of drug-likeness (QED) is 0.485. The highest BCUT2D eigenvalue weighted by molar-refractivity contribution is 9.10. The molecule has 0 amide bonds. The Labute approximate surface area is 159 Å². The van der Waals surface area contributed by atoms with E-state index in [0.717, 1.165) is 16.6 Å². The second-order valence-electron chi connectivity index (χ2n) is 5.93. The number of halogens is 1. The van der Waals surface area contributed by atoms with Crippen molar-refractivity contribution in [2.45, 2.75) is 20.0 Å². The van der Waals surface area contributed by atoms with E-state index in [1.165, 1.54) is 0 Å². The van der Waals surface area contributed by atoms with Crippen molar-refractivity contribution in [1.29, 1.82) is 0 Å². The Kier molecular flexibility index (Phi) is 5.13. The number of aromatic nitrogens is 1. The molecule has 1 heterocycles. The lowest BCUT2D eigenvalue weighted by Gasteiger charge is -2.13. The first-order valence-corrected chi connectivity index (χ1v) is 8.87. The normalized spacial score (nSPS) is 12.0. The molecule has 1 aromatic heterocycles. The minimum absolute atomic E-state index is 0.235. The topological polar surface area (TPSA) is 68.4 Å². The number of rotatable bonds is 5. The largest absolute Gasteiger partial charge is 0.496 e. The van der Waals surface area contributed by atoms with Gasteiger partial charge in [0.2, 0.25) is 5.78 Å². The second-order valence-corrected chi connectivity index (χ2v) is 6.79. The fourth-order valence-electron chi connectivity index (χ4n) is 2.87. The summed E-state index contributed by atoms with van der Waals surface area (Å²) in [5, 5.41) is 0.824. The van der Waals surface area contributed by atoms with Crippen LogP contribution in [0.15, 0.2) is 46.9 Å². The standard InChI is InChI=1S/C20H18BrNO4/c1-11-18(14-6-4-5-7-16(14)22-11)19(23)12(2)26-20(24)13-8-9-17(25-3)15(21)10-13/h4-10,12,22H,1-3H3/t12-/m0/s1. The van der Waals surface area contributed by atoms with Crippen molar-refractivity contribution in [3.63, 3.8) is 0 Å². The molecule has 26 heavy (non-hydrogen) atoms. The number of carbonyl (C=O) groups is 2. The Bertz CT molecular complexity index is 993. The van der Waals surface area contributed by atoms with Gasteiger partial charge in [-0.3, -0.25) is 4.79 Å². The number of aromatic amines is 1. The number of aryl methyl sites for hydroxylation is 1. The molecule has 2 aromatic carbocycles. The predicted molar refractivity (Wildman–Crippen MR) is 103 cm³/mol. The van der Waals surface area contributed by atoms with Crippen LogP contribution in [0.3, 0.4) is 0 Å². The summed E-state index contributed by atoms with van der Waals surface area (Å²) in [6.07, 6.45) is -0.902. The fraction of sp³-hybridized carbons (Fsp3) is 0.200. The van der Waals surface area contributed by atoms with Gasteiger partial charge in [0.25, 0.3) is 0 Å². The minimum atomic E-state index is -0.902. The fourth-order valence-corrected chi connectivity index (χ4v) is 3.41. The third-order valence-electron chi connectivity index (χ3n) is 4.18. The molecular weight excluding hydrogens is 398 g/mol. The zero-order valence-electron chi connectivity index (χ0n) is 14.6. The van der Waals surface area contributed by atoms with Crippen LogP contribution >= 0.6 is 15.9 Å². The number of hydrogen-bond donors (Lipinski definition) is 1. The maximum absolute atomic E-state index is 12.8. The van der Waals surface area contributed by atoms with Gasteiger partial charge < -0.3 is 14.5 Å². The Balaban J connectivity index is 1.81. The summed E-state index contributed by atoms with van der Waals surface area (Å²) in [6, 6.07) is 12.4. The molecule has 1 atom stereocenters. The smallest absolute Gasteiger partial charge is 0.338 e. The van der Waals surface area contributed by atoms with E-state index in [-0.39, 0.29) is 5.78 Å². The van der Waals surface area contributed by atoms with Crippen LogP contribution in [-0.2, 0) is 4.74 Å². The first kappa shape index (κ1) is 18.2. The van der Waals surface area contributed by atoms with E-state index in [1.54, 1.807) is 32.2 Å². The molecule has 3 aromatic rings. The van der Waals surface area contributed by atoms with Gasteiger partial charge in [-0.2, -0.15) is 0 Å². The molecule has 5 nitrogen and oxygen atoms in total. The van der Waals surface area contributed by atoms with Crippen molar-refractivity contribution in [2.24, 2.45) is 0 Å². The van der Waals surface area contributed by atoms with Crippen LogP contribution in [0.1, 0.15) is 33.3 Å². The summed E-state index contributed by atoms with van der Waals surface area (Å²) < 4.78 is 11.2. The highest BCUT2D eigenvalue weighted by Crippen LogP contribution is 2.27. The Morgan fingerprint density at radius 1 is 1.15 bits per heavy atom. The van der Waals surface area contributed by atoms with E-state index in [0.29, 0.717) is 21.3 Å². The maximum Gasteiger partial charge on any atom is 0.338 e. The Morgan fingerprint density at radius 3 is 2.58 bits per heavy atom. The van der Waals surface area contributed by atoms with Crippen molar-refractivity contribution in [3.8, 4) is 5.75 Å². The summed E-state index contributed by atoms with van der Waals surface area (Å²) in [5.41, 5.74) is 2.53. The third-order valence-corrected chi connectivity index (χ3v) is 4.80. The van der Waals surface area contributed by atoms with Gasteiger partial charge in [0.15, 0.2) is 6.10 Å². The van der Waals surface area contributed by atoms with Crippen LogP contribution in [0.5, 0.6) is 5.75 Å². The van der Waals surface area contributed by atoms with Crippen LogP contribution in [-0.4, -0.2) is 30.0 Å². The van der Waals surface area contributed by atoms with Gasteiger partial charge in [0.1, 0.15) is 5.75 Å². The van der Waals surface area contributed by atoms with Crippen LogP contribution in [0.4, 0.5) is 0 Å². The highest BCUT2D eigenvalue weighted by atomic mass is 79.9. The molecule has 134 valence electrons. The third kappa shape index (κ3) is 3.37. The van der Waals surface area contributed by atoms with Gasteiger partial charge in [0, 0.05) is 22.2 Å². The van der Waals surface area contributed by atoms with Gasteiger partial charge in [0.05, 0.1) is 17.1 Å². The number of para-hydroxylation sites is 1. The molecule has 6 heteroatoms. The first-order valence-electron chi connectivity index (χ1n) is 8.08. The number of fused-ring (bicyclic) bond motifs is 1. The van der Waals surface area contributed by atoms with Crippen LogP contribution < -0.4 is 4.74 Å². The Hall–Kier alpha value is -2.60. The second kappa shape index (κ2) is 7.33. The average Bonchev–Trinajstić information content (AvgIpc) is 2.96. The van der Waals surface area contributed by atoms with Gasteiger partial charge in [-0.05, 0) is 54.0 Å². The Morgan fingerprint density at radius 2 is 1.88 bits per heavy atom. The number of esters is 1. The monoisotopic (exact) mass is 415 g/mol. The van der Waals surface area contributed by atoms with Gasteiger partial charge >= 0.3 is 5.97 Å². The molecule has 0 aliphatic carbocycles. The van der Waals surface area contributed by atoms with Gasteiger partial charge in [-0.25, -0.2) is 4.79 Å². The molecule has 0 aliphatic heterocycles. The number of ketones is 1. The van der Waals surface area contributed by atoms with Gasteiger partial charge in [-0.1, -0.05) is 18.2 Å². The molecule has 0 bridgehead atoms. The summed E-state index contributed by atoms with van der Waals surface area (Å²) in [7, 11) is 1.54. The van der Waals surface area contributed by atoms with E-state index in [1.807, 2.05) is 31.2 Å². The number of H-pyrrole nitrogens is 1. The molecule has 0 radical (unpaired) electrons. The number of nitrogens with one attached hydrogen (secondary N) is 1. The molecule has 1 N–H and O–H groups in total. The number of methoxy groups -OCH3 is 1. The number of ether oxygens (including phenoxy) is 2. The molecule has 0 spiro atoms. The van der Waals surface area contributed by atoms with Crippen molar-refractivity contribution >= 4 is 38.6 Å². The lowest BCUT2D eigenvalue weighted by Crippen LogP contribution is -2.25. The highest BCUT2D eigenvalue weighted by Gasteiger charge is 2.25. The van der Waals surface area contributed by atoms with E-state index in [2.05, 4.69) is 20.9 Å². The number of carbonyl (C=O) groups excluding carboxylic acids is 2. The molecule has 0 unspecified atom stereocenters. The van der Waals surface area contributed by atoms with Crippen molar-refractivity contribution in [2.75, 3.05) is 7.11 Å². The molecule has 0 aliphatic rings. The minimum Gasteiger partial charge on any atom is -0.496 e. The van der Waals surface area contributed by atoms with Crippen LogP contribution in [0, 0.1) is 6.92 Å². The number of hydrogen-bond acceptors (Lipinski definition) is 4. The van der Waals surface area contributed by atoms with E-state index < -0.39 is 12.1 Å². The molecular formula is C20H18BrNO4. The first-order chi connectivity index (χ1) is 12.4. The molecule has 0 saturated heterocycles. The van der Waals surface area contributed by atoms with Crippen LogP contribution in [0.2, 0.25) is 0 Å². The van der Waals surface area contributed by atoms with Crippen molar-refractivity contribution in [3.05, 3.63) is 63.8 Å². The number of Topliss-reactive ketones (excluding diaryl/α,β-unsaturated/α-hetero) is 1. The zero-order chi connectivity index (χ0) is 18.8. The molecule has 0 saturated carbocycles. The van der Waals surface area contributed by atoms with E-state index in [9.17, 15) is 9.59 Å². The molecule has 3 rings (SSSR count). The van der Waals surface area contributed by atoms with Crippen molar-refractivity contribution < 1.29 is 19.1 Å². The lowest BCUT2D eigenvalue weighted by molar-refractivity contribution is 0.0319. The average molecular weight is 416 g/mol. The maximum atomic E-state index is 12.8. The summed E-state index contributed by atoms with van der Waals surface area (Å²) in [6.45, 7) is 3.42. The summed E-state index contributed by atoms with van der Waals surface area (Å²) in [4.78, 5) is 28.4. The summed E-state index contributed by atoms with van der Waals surface area (Å²) >= 11 is 3.34. The lowest BCUT2D eigenvalue weighted by atomic mass is 10.0. The SMILES string of the molecule is COc1ccc(C(=O)O[C@@H](C)C(=O)c2c(C)[nH]c3ccccc23)cc1Br. The van der Waals surface area contributed by atoms with Gasteiger partial charge in [-0.15, -0.1) is 0 Å². The number of benzene rings is 2. The van der Waals surface area contributed by atoms with E-state index >= 15 is 0 Å². The molecule has 0 fully saturated rings. The van der Waals surface area contributed by atoms with Crippen LogP contribution in [0.25, 0.3) is 10.9 Å². The summed E-state index contributed by atoms with van der Waals surface area (Å²) in [5.74, 6) is -0.187. The van der Waals surface area contributed by atoms with Crippen molar-refractivity contribution in [1.82, 2.24) is 4.98 Å².